The Hall–Kier alpha value is -1.36. The van der Waals surface area contributed by atoms with Crippen LogP contribution in [0.1, 0.15) is 31.0 Å². The molecule has 0 spiro atoms. The van der Waals surface area contributed by atoms with E-state index in [1.165, 1.54) is 12.1 Å². The van der Waals surface area contributed by atoms with E-state index in [-0.39, 0.29) is 5.82 Å². The first-order valence-corrected chi connectivity index (χ1v) is 6.98. The van der Waals surface area contributed by atoms with Crippen molar-refractivity contribution in [3.8, 4) is 0 Å². The van der Waals surface area contributed by atoms with Crippen LogP contribution in [0.5, 0.6) is 0 Å². The number of rotatable bonds is 4. The van der Waals surface area contributed by atoms with Gasteiger partial charge in [0.05, 0.1) is 5.69 Å². The highest BCUT2D eigenvalue weighted by atomic mass is 79.9. The van der Waals surface area contributed by atoms with Crippen molar-refractivity contribution in [2.45, 2.75) is 26.3 Å². The zero-order valence-corrected chi connectivity index (χ0v) is 12.8. The molecule has 1 aromatic heterocycles. The van der Waals surface area contributed by atoms with Crippen molar-refractivity contribution in [3.63, 3.8) is 0 Å². The summed E-state index contributed by atoms with van der Waals surface area (Å²) in [5, 5.41) is 7.76. The maximum Gasteiger partial charge on any atom is 0.124 e. The van der Waals surface area contributed by atoms with E-state index >= 15 is 0 Å². The van der Waals surface area contributed by atoms with Gasteiger partial charge in [-0.2, -0.15) is 5.10 Å². The van der Waals surface area contributed by atoms with Crippen LogP contribution in [0.4, 0.5) is 10.1 Å². The van der Waals surface area contributed by atoms with Crippen LogP contribution >= 0.6 is 15.9 Å². The van der Waals surface area contributed by atoms with Gasteiger partial charge >= 0.3 is 0 Å². The SMILES string of the molecule is CC(C)c1nn(C)cc1CNc1ccc(F)cc1Br. The number of nitrogens with one attached hydrogen (secondary N) is 1. The van der Waals surface area contributed by atoms with Gasteiger partial charge in [0.2, 0.25) is 0 Å². The van der Waals surface area contributed by atoms with Crippen LogP contribution in [0.25, 0.3) is 0 Å². The molecule has 0 unspecified atom stereocenters. The van der Waals surface area contributed by atoms with Crippen LogP contribution < -0.4 is 5.32 Å². The maximum atomic E-state index is 13.0. The van der Waals surface area contributed by atoms with Crippen LogP contribution in [0.3, 0.4) is 0 Å². The number of hydrogen-bond donors (Lipinski definition) is 1. The number of anilines is 1. The van der Waals surface area contributed by atoms with Gasteiger partial charge in [-0.3, -0.25) is 4.68 Å². The Bertz CT molecular complexity index is 578. The standard InChI is InChI=1S/C14H17BrFN3/c1-9(2)14-10(8-19(3)18-14)7-17-13-5-4-11(16)6-12(13)15/h4-6,8-9,17H,7H2,1-3H3. The molecule has 1 aromatic carbocycles. The Balaban J connectivity index is 2.14. The minimum Gasteiger partial charge on any atom is -0.380 e. The fourth-order valence-corrected chi connectivity index (χ4v) is 2.49. The minimum atomic E-state index is -0.248. The molecule has 1 heterocycles. The molecule has 0 bridgehead atoms. The highest BCUT2D eigenvalue weighted by Gasteiger charge is 2.11. The summed E-state index contributed by atoms with van der Waals surface area (Å²) >= 11 is 3.35. The van der Waals surface area contributed by atoms with Crippen LogP contribution in [0.2, 0.25) is 0 Å². The second-order valence-electron chi connectivity index (χ2n) is 4.85. The predicted octanol–water partition coefficient (Wildman–Crippen LogP) is 4.06. The first-order valence-electron chi connectivity index (χ1n) is 6.18. The number of aryl methyl sites for hydroxylation is 1. The summed E-state index contributed by atoms with van der Waals surface area (Å²) in [5.41, 5.74) is 3.13. The second-order valence-corrected chi connectivity index (χ2v) is 5.70. The molecule has 0 aliphatic rings. The molecule has 5 heteroatoms. The summed E-state index contributed by atoms with van der Waals surface area (Å²) in [4.78, 5) is 0. The molecule has 2 rings (SSSR count). The lowest BCUT2D eigenvalue weighted by molar-refractivity contribution is 0.627. The average molecular weight is 326 g/mol. The van der Waals surface area contributed by atoms with Crippen LogP contribution in [0.15, 0.2) is 28.9 Å². The molecule has 19 heavy (non-hydrogen) atoms. The van der Waals surface area contributed by atoms with Gasteiger partial charge in [0.1, 0.15) is 5.82 Å². The Morgan fingerprint density at radius 1 is 1.42 bits per heavy atom. The van der Waals surface area contributed by atoms with Crippen LogP contribution in [-0.4, -0.2) is 9.78 Å². The van der Waals surface area contributed by atoms with Gasteiger partial charge in [0, 0.05) is 35.5 Å². The molecule has 0 saturated heterocycles. The molecule has 0 saturated carbocycles. The summed E-state index contributed by atoms with van der Waals surface area (Å²) in [6.07, 6.45) is 2.01. The van der Waals surface area contributed by atoms with Gasteiger partial charge in [0.15, 0.2) is 0 Å². The normalized spacial score (nSPS) is 11.1. The summed E-state index contributed by atoms with van der Waals surface area (Å²) in [5.74, 6) is 0.135. The first kappa shape index (κ1) is 14.1. The molecular formula is C14H17BrFN3. The van der Waals surface area contributed by atoms with Gasteiger partial charge < -0.3 is 5.32 Å². The van der Waals surface area contributed by atoms with E-state index in [9.17, 15) is 4.39 Å². The van der Waals surface area contributed by atoms with E-state index in [1.807, 2.05) is 17.9 Å². The van der Waals surface area contributed by atoms with E-state index in [0.717, 1.165) is 21.4 Å². The molecule has 0 fully saturated rings. The number of aromatic nitrogens is 2. The van der Waals surface area contributed by atoms with E-state index in [0.29, 0.717) is 12.5 Å². The third-order valence-electron chi connectivity index (χ3n) is 2.88. The van der Waals surface area contributed by atoms with E-state index in [1.54, 1.807) is 6.07 Å². The van der Waals surface area contributed by atoms with E-state index in [2.05, 4.69) is 40.2 Å². The molecule has 0 amide bonds. The third-order valence-corrected chi connectivity index (χ3v) is 3.54. The lowest BCUT2D eigenvalue weighted by Gasteiger charge is -2.09. The lowest BCUT2D eigenvalue weighted by Crippen LogP contribution is -2.03. The van der Waals surface area contributed by atoms with E-state index in [4.69, 9.17) is 0 Å². The zero-order chi connectivity index (χ0) is 14.0. The Kier molecular flexibility index (Phi) is 4.24. The smallest absolute Gasteiger partial charge is 0.124 e. The van der Waals surface area contributed by atoms with Gasteiger partial charge in [-0.15, -0.1) is 0 Å². The quantitative estimate of drug-likeness (QED) is 0.918. The molecule has 102 valence electrons. The summed E-state index contributed by atoms with van der Waals surface area (Å²) in [6, 6.07) is 4.62. The molecular weight excluding hydrogens is 309 g/mol. The van der Waals surface area contributed by atoms with Gasteiger partial charge in [0.25, 0.3) is 0 Å². The number of benzene rings is 1. The Morgan fingerprint density at radius 3 is 2.79 bits per heavy atom. The number of nitrogens with zero attached hydrogens (tertiary/aromatic N) is 2. The van der Waals surface area contributed by atoms with Crippen molar-refractivity contribution in [2.75, 3.05) is 5.32 Å². The average Bonchev–Trinajstić information content (AvgIpc) is 2.69. The first-order chi connectivity index (χ1) is 8.97. The molecule has 0 aliphatic heterocycles. The second kappa shape index (κ2) is 5.74. The summed E-state index contributed by atoms with van der Waals surface area (Å²) in [7, 11) is 1.92. The van der Waals surface area contributed by atoms with Crippen molar-refractivity contribution >= 4 is 21.6 Å². The topological polar surface area (TPSA) is 29.9 Å². The number of hydrogen-bond acceptors (Lipinski definition) is 2. The Labute approximate surface area is 121 Å². The monoisotopic (exact) mass is 325 g/mol. The largest absolute Gasteiger partial charge is 0.380 e. The van der Waals surface area contributed by atoms with Crippen molar-refractivity contribution in [1.82, 2.24) is 9.78 Å². The van der Waals surface area contributed by atoms with Crippen LogP contribution in [0, 0.1) is 5.82 Å². The van der Waals surface area contributed by atoms with Crippen molar-refractivity contribution in [3.05, 3.63) is 45.9 Å². The molecule has 1 N–H and O–H groups in total. The third kappa shape index (κ3) is 3.35. The zero-order valence-electron chi connectivity index (χ0n) is 11.2. The maximum absolute atomic E-state index is 13.0. The van der Waals surface area contributed by atoms with E-state index < -0.39 is 0 Å². The lowest BCUT2D eigenvalue weighted by atomic mass is 10.1. The fourth-order valence-electron chi connectivity index (χ4n) is 2.00. The highest BCUT2D eigenvalue weighted by Crippen LogP contribution is 2.25. The molecule has 3 nitrogen and oxygen atoms in total. The summed E-state index contributed by atoms with van der Waals surface area (Å²) < 4.78 is 15.6. The molecule has 0 aliphatic carbocycles. The van der Waals surface area contributed by atoms with Crippen molar-refractivity contribution in [1.29, 1.82) is 0 Å². The van der Waals surface area contributed by atoms with Crippen molar-refractivity contribution < 1.29 is 4.39 Å². The molecule has 0 atom stereocenters. The highest BCUT2D eigenvalue weighted by molar-refractivity contribution is 9.10. The van der Waals surface area contributed by atoms with Crippen molar-refractivity contribution in [2.24, 2.45) is 7.05 Å². The van der Waals surface area contributed by atoms with Gasteiger partial charge in [-0.1, -0.05) is 13.8 Å². The predicted molar refractivity (Wildman–Crippen MR) is 78.7 cm³/mol. The van der Waals surface area contributed by atoms with Gasteiger partial charge in [-0.05, 0) is 40.0 Å². The molecule has 0 radical (unpaired) electrons. The molecule has 2 aromatic rings. The summed E-state index contributed by atoms with van der Waals surface area (Å²) in [6.45, 7) is 4.92. The van der Waals surface area contributed by atoms with Gasteiger partial charge in [-0.25, -0.2) is 4.39 Å². The minimum absolute atomic E-state index is 0.248. The Morgan fingerprint density at radius 2 is 2.16 bits per heavy atom. The number of halogens is 2. The fraction of sp³-hybridized carbons (Fsp3) is 0.357. The van der Waals surface area contributed by atoms with Crippen LogP contribution in [-0.2, 0) is 13.6 Å².